The fourth-order valence-electron chi connectivity index (χ4n) is 2.55. The van der Waals surface area contributed by atoms with Gasteiger partial charge in [0.05, 0.1) is 5.69 Å². The minimum absolute atomic E-state index is 0.195. The van der Waals surface area contributed by atoms with Crippen LogP contribution in [0, 0.1) is 11.3 Å². The third-order valence-corrected chi connectivity index (χ3v) is 4.40. The first-order chi connectivity index (χ1) is 11.0. The second kappa shape index (κ2) is 7.73. The van der Waals surface area contributed by atoms with E-state index in [-0.39, 0.29) is 17.8 Å². The normalized spacial score (nSPS) is 21.1. The highest BCUT2D eigenvalue weighted by molar-refractivity contribution is 9.09. The molecule has 1 heterocycles. The van der Waals surface area contributed by atoms with Gasteiger partial charge in [-0.25, -0.2) is 4.99 Å². The lowest BCUT2D eigenvalue weighted by Crippen LogP contribution is -2.63. The standard InChI is InChI=1S/C17H22BrN3O2/c1-12(2)8-9-17(10-11-18)14(22)20-16(21-15(17)23)19-13-6-4-3-5-7-13/h3-7,12H,8-11H2,1-2H3,(H2,19,20,21,22,23). The predicted octanol–water partition coefficient (Wildman–Crippen LogP) is 3.13. The van der Waals surface area contributed by atoms with Crippen molar-refractivity contribution in [3.05, 3.63) is 30.3 Å². The van der Waals surface area contributed by atoms with E-state index in [4.69, 9.17) is 0 Å². The van der Waals surface area contributed by atoms with Crippen LogP contribution in [-0.4, -0.2) is 23.1 Å². The average molecular weight is 380 g/mol. The number of guanidine groups is 1. The molecule has 2 amide bonds. The highest BCUT2D eigenvalue weighted by Crippen LogP contribution is 2.33. The van der Waals surface area contributed by atoms with Crippen LogP contribution in [-0.2, 0) is 9.59 Å². The van der Waals surface area contributed by atoms with Crippen molar-refractivity contribution in [1.29, 1.82) is 0 Å². The van der Waals surface area contributed by atoms with Crippen molar-refractivity contribution in [2.24, 2.45) is 16.3 Å². The summed E-state index contributed by atoms with van der Waals surface area (Å²) in [4.78, 5) is 29.6. The summed E-state index contributed by atoms with van der Waals surface area (Å²) in [5, 5.41) is 6.10. The van der Waals surface area contributed by atoms with Gasteiger partial charge in [0.2, 0.25) is 17.8 Å². The van der Waals surface area contributed by atoms with E-state index in [1.807, 2.05) is 30.3 Å². The Morgan fingerprint density at radius 3 is 2.22 bits per heavy atom. The Labute approximate surface area is 145 Å². The summed E-state index contributed by atoms with van der Waals surface area (Å²) in [5.74, 6) is 0.0928. The molecular weight excluding hydrogens is 358 g/mol. The topological polar surface area (TPSA) is 70.6 Å². The molecule has 0 atom stereocenters. The first-order valence-corrected chi connectivity index (χ1v) is 8.92. The van der Waals surface area contributed by atoms with Crippen LogP contribution in [0.4, 0.5) is 5.69 Å². The van der Waals surface area contributed by atoms with Gasteiger partial charge in [0.1, 0.15) is 5.41 Å². The minimum atomic E-state index is -1.02. The quantitative estimate of drug-likeness (QED) is 0.588. The summed E-state index contributed by atoms with van der Waals surface area (Å²) >= 11 is 3.36. The Hall–Kier alpha value is -1.69. The molecule has 0 aliphatic carbocycles. The van der Waals surface area contributed by atoms with E-state index in [0.717, 1.165) is 6.42 Å². The number of nitrogens with zero attached hydrogens (tertiary/aromatic N) is 1. The number of amides is 2. The minimum Gasteiger partial charge on any atom is -0.295 e. The third-order valence-electron chi connectivity index (χ3n) is 4.00. The van der Waals surface area contributed by atoms with Gasteiger partial charge in [-0.15, -0.1) is 0 Å². The number of aliphatic imine (C=N–C) groups is 1. The number of alkyl halides is 1. The van der Waals surface area contributed by atoms with Gasteiger partial charge in [-0.05, 0) is 37.3 Å². The molecule has 2 rings (SSSR count). The molecule has 0 aromatic heterocycles. The second-order valence-corrected chi connectivity index (χ2v) is 6.95. The molecule has 5 nitrogen and oxygen atoms in total. The van der Waals surface area contributed by atoms with Crippen molar-refractivity contribution in [3.63, 3.8) is 0 Å². The number of nitrogens with one attached hydrogen (secondary N) is 2. The largest absolute Gasteiger partial charge is 0.295 e. The number of rotatable bonds is 6. The number of halogens is 1. The van der Waals surface area contributed by atoms with Gasteiger partial charge < -0.3 is 0 Å². The molecule has 1 saturated heterocycles. The molecule has 23 heavy (non-hydrogen) atoms. The average Bonchev–Trinajstić information content (AvgIpc) is 2.51. The SMILES string of the molecule is CC(C)CCC1(CCBr)C(=O)NC(=Nc2ccccc2)NC1=O. The van der Waals surface area contributed by atoms with Crippen LogP contribution < -0.4 is 10.6 Å². The van der Waals surface area contributed by atoms with Crippen molar-refractivity contribution < 1.29 is 9.59 Å². The molecule has 0 radical (unpaired) electrons. The van der Waals surface area contributed by atoms with Crippen LogP contribution in [0.25, 0.3) is 0 Å². The van der Waals surface area contributed by atoms with Crippen molar-refractivity contribution in [3.8, 4) is 0 Å². The zero-order chi connectivity index (χ0) is 16.9. The monoisotopic (exact) mass is 379 g/mol. The summed E-state index contributed by atoms with van der Waals surface area (Å²) in [5.41, 5.74) is -0.345. The fourth-order valence-corrected chi connectivity index (χ4v) is 3.23. The first kappa shape index (κ1) is 17.7. The Morgan fingerprint density at radius 1 is 1.09 bits per heavy atom. The summed E-state index contributed by atoms with van der Waals surface area (Å²) in [6.07, 6.45) is 1.82. The number of carbonyl (C=O) groups is 2. The molecule has 1 aliphatic heterocycles. The molecule has 0 bridgehead atoms. The van der Waals surface area contributed by atoms with Crippen LogP contribution in [0.1, 0.15) is 33.1 Å². The zero-order valence-corrected chi connectivity index (χ0v) is 15.0. The molecule has 2 N–H and O–H groups in total. The molecule has 124 valence electrons. The van der Waals surface area contributed by atoms with Crippen LogP contribution in [0.3, 0.4) is 0 Å². The Morgan fingerprint density at radius 2 is 1.70 bits per heavy atom. The van der Waals surface area contributed by atoms with Crippen LogP contribution in [0.5, 0.6) is 0 Å². The number of para-hydroxylation sites is 1. The van der Waals surface area contributed by atoms with Gasteiger partial charge in [-0.2, -0.15) is 0 Å². The van der Waals surface area contributed by atoms with Crippen LogP contribution in [0.2, 0.25) is 0 Å². The lowest BCUT2D eigenvalue weighted by atomic mass is 9.76. The smallest absolute Gasteiger partial charge is 0.242 e. The van der Waals surface area contributed by atoms with E-state index in [9.17, 15) is 9.59 Å². The summed E-state index contributed by atoms with van der Waals surface area (Å²) in [6.45, 7) is 4.17. The van der Waals surface area contributed by atoms with Crippen molar-refractivity contribution in [2.75, 3.05) is 5.33 Å². The van der Waals surface area contributed by atoms with E-state index in [0.29, 0.717) is 29.8 Å². The van der Waals surface area contributed by atoms with E-state index in [1.54, 1.807) is 0 Å². The number of hydrogen-bond donors (Lipinski definition) is 2. The predicted molar refractivity (Wildman–Crippen MR) is 94.7 cm³/mol. The molecule has 1 aromatic rings. The Balaban J connectivity index is 2.21. The van der Waals surface area contributed by atoms with E-state index >= 15 is 0 Å². The summed E-state index contributed by atoms with van der Waals surface area (Å²) in [6, 6.07) is 9.21. The van der Waals surface area contributed by atoms with E-state index in [1.165, 1.54) is 0 Å². The van der Waals surface area contributed by atoms with Gasteiger partial charge in [-0.1, -0.05) is 48.0 Å². The third kappa shape index (κ3) is 4.19. The fraction of sp³-hybridized carbons (Fsp3) is 0.471. The van der Waals surface area contributed by atoms with E-state index in [2.05, 4.69) is 45.4 Å². The van der Waals surface area contributed by atoms with Crippen LogP contribution in [0.15, 0.2) is 35.3 Å². The molecule has 1 aliphatic rings. The molecule has 1 aromatic carbocycles. The maximum Gasteiger partial charge on any atom is 0.242 e. The lowest BCUT2D eigenvalue weighted by molar-refractivity contribution is -0.144. The molecule has 1 fully saturated rings. The maximum absolute atomic E-state index is 12.7. The van der Waals surface area contributed by atoms with Crippen molar-refractivity contribution in [2.45, 2.75) is 33.1 Å². The number of hydrogen-bond acceptors (Lipinski definition) is 3. The van der Waals surface area contributed by atoms with Crippen molar-refractivity contribution >= 4 is 39.4 Å². The van der Waals surface area contributed by atoms with Gasteiger partial charge in [0.25, 0.3) is 0 Å². The maximum atomic E-state index is 12.7. The number of carbonyl (C=O) groups excluding carboxylic acids is 2. The zero-order valence-electron chi connectivity index (χ0n) is 13.4. The second-order valence-electron chi connectivity index (χ2n) is 6.16. The number of benzene rings is 1. The summed E-state index contributed by atoms with van der Waals surface area (Å²) in [7, 11) is 0. The van der Waals surface area contributed by atoms with Crippen molar-refractivity contribution in [1.82, 2.24) is 10.6 Å². The lowest BCUT2D eigenvalue weighted by Gasteiger charge is -2.35. The first-order valence-electron chi connectivity index (χ1n) is 7.80. The van der Waals surface area contributed by atoms with E-state index < -0.39 is 5.41 Å². The molecule has 0 spiro atoms. The molecule has 0 saturated carbocycles. The highest BCUT2D eigenvalue weighted by Gasteiger charge is 2.48. The Kier molecular flexibility index (Phi) is 5.93. The van der Waals surface area contributed by atoms with Gasteiger partial charge in [-0.3, -0.25) is 20.2 Å². The van der Waals surface area contributed by atoms with Gasteiger partial charge in [0, 0.05) is 5.33 Å². The molecule has 6 heteroatoms. The highest BCUT2D eigenvalue weighted by atomic mass is 79.9. The summed E-state index contributed by atoms with van der Waals surface area (Å²) < 4.78 is 0. The van der Waals surface area contributed by atoms with Gasteiger partial charge in [0.15, 0.2) is 0 Å². The molecular formula is C17H22BrN3O2. The molecule has 0 unspecified atom stereocenters. The Bertz CT molecular complexity index is 579. The van der Waals surface area contributed by atoms with Crippen LogP contribution >= 0.6 is 15.9 Å². The van der Waals surface area contributed by atoms with Gasteiger partial charge >= 0.3 is 0 Å².